The molecule has 2 saturated heterocycles. The molecule has 0 aromatic carbocycles. The molecule has 0 radical (unpaired) electrons. The van der Waals surface area contributed by atoms with Crippen molar-refractivity contribution in [1.82, 2.24) is 10.6 Å². The normalized spacial score (nSPS) is 28.4. The Morgan fingerprint density at radius 3 is 3.11 bits per heavy atom. The zero-order chi connectivity index (χ0) is 13.7. The van der Waals surface area contributed by atoms with E-state index >= 15 is 0 Å². The van der Waals surface area contributed by atoms with E-state index in [2.05, 4.69) is 17.2 Å². The van der Waals surface area contributed by atoms with Crippen LogP contribution in [0.3, 0.4) is 0 Å². The Kier molecular flexibility index (Phi) is 5.13. The van der Waals surface area contributed by atoms with Gasteiger partial charge in [0.1, 0.15) is 6.61 Å². The van der Waals surface area contributed by atoms with Crippen LogP contribution in [0.5, 0.6) is 0 Å². The quantitative estimate of drug-likeness (QED) is 0.321. The number of thioether (sulfide) groups is 1. The fourth-order valence-corrected chi connectivity index (χ4v) is 4.03. The third kappa shape index (κ3) is 3.89. The molecular weight excluding hydrogens is 264 g/mol. The number of amides is 2. The average Bonchev–Trinajstić information content (AvgIpc) is 2.92. The minimum absolute atomic E-state index is 0.0479. The first kappa shape index (κ1) is 14.2. The van der Waals surface area contributed by atoms with Crippen molar-refractivity contribution in [3.8, 4) is 0 Å². The molecule has 6 heteroatoms. The molecule has 5 nitrogen and oxygen atoms in total. The Morgan fingerprint density at radius 2 is 2.32 bits per heavy atom. The molecule has 19 heavy (non-hydrogen) atoms. The summed E-state index contributed by atoms with van der Waals surface area (Å²) in [4.78, 5) is 22.5. The summed E-state index contributed by atoms with van der Waals surface area (Å²) in [6.45, 7) is 3.79. The summed E-state index contributed by atoms with van der Waals surface area (Å²) in [5, 5.41) is 6.36. The Labute approximate surface area is 117 Å². The molecule has 2 aliphatic heterocycles. The van der Waals surface area contributed by atoms with Gasteiger partial charge in [0, 0.05) is 17.4 Å². The van der Waals surface area contributed by atoms with Crippen LogP contribution in [0.4, 0.5) is 4.79 Å². The third-order valence-electron chi connectivity index (χ3n) is 3.42. The minimum atomic E-state index is -0.160. The second-order valence-electron chi connectivity index (χ2n) is 4.84. The molecule has 2 heterocycles. The maximum absolute atomic E-state index is 11.3. The van der Waals surface area contributed by atoms with Crippen LogP contribution in [-0.2, 0) is 9.53 Å². The molecule has 0 aromatic heterocycles. The predicted molar refractivity (Wildman–Crippen MR) is 75.1 cm³/mol. The van der Waals surface area contributed by atoms with Gasteiger partial charge in [0.15, 0.2) is 0 Å². The number of unbranched alkanes of at least 4 members (excludes halogenated alkanes) is 1. The lowest BCUT2D eigenvalue weighted by Crippen LogP contribution is -2.36. The van der Waals surface area contributed by atoms with Gasteiger partial charge in [-0.2, -0.15) is 11.8 Å². The van der Waals surface area contributed by atoms with Crippen LogP contribution >= 0.6 is 11.8 Å². The Hall–Kier alpha value is -1.17. The van der Waals surface area contributed by atoms with E-state index in [-0.39, 0.29) is 24.1 Å². The van der Waals surface area contributed by atoms with Gasteiger partial charge in [-0.25, -0.2) is 4.79 Å². The van der Waals surface area contributed by atoms with Gasteiger partial charge >= 0.3 is 12.0 Å². The Bertz CT molecular complexity index is 362. The lowest BCUT2D eigenvalue weighted by molar-refractivity contribution is -0.142. The van der Waals surface area contributed by atoms with Crippen molar-refractivity contribution in [3.63, 3.8) is 0 Å². The molecule has 2 aliphatic rings. The van der Waals surface area contributed by atoms with Crippen LogP contribution in [-0.4, -0.2) is 41.7 Å². The zero-order valence-corrected chi connectivity index (χ0v) is 11.7. The van der Waals surface area contributed by atoms with Crippen molar-refractivity contribution in [2.24, 2.45) is 0 Å². The maximum Gasteiger partial charge on any atom is 0.315 e. The van der Waals surface area contributed by atoms with Crippen LogP contribution in [0.25, 0.3) is 0 Å². The highest BCUT2D eigenvalue weighted by molar-refractivity contribution is 8.00. The first-order valence-electron chi connectivity index (χ1n) is 6.66. The van der Waals surface area contributed by atoms with Gasteiger partial charge in [-0.3, -0.25) is 4.79 Å². The van der Waals surface area contributed by atoms with Crippen LogP contribution in [0.15, 0.2) is 12.7 Å². The van der Waals surface area contributed by atoms with Crippen molar-refractivity contribution < 1.29 is 14.3 Å². The molecule has 0 unspecified atom stereocenters. The fraction of sp³-hybridized carbons (Fsp3) is 0.692. The van der Waals surface area contributed by atoms with Gasteiger partial charge in [-0.15, -0.1) is 0 Å². The number of hydrogen-bond acceptors (Lipinski definition) is 4. The molecule has 2 N–H and O–H groups in total. The number of esters is 1. The molecule has 106 valence electrons. The standard InChI is InChI=1S/C13H20N2O3S/c1-2-7-18-11(16)6-4-3-5-10-12-9(8-19-10)14-13(17)15-12/h2,9-10,12H,1,3-8H2,(H2,14,15,17)/t9-,10-,12-/m0/s1. The number of carbonyl (C=O) groups is 2. The number of ether oxygens (including phenoxy) is 1. The van der Waals surface area contributed by atoms with Gasteiger partial charge in [-0.05, 0) is 12.8 Å². The Balaban J connectivity index is 1.60. The van der Waals surface area contributed by atoms with Crippen molar-refractivity contribution in [3.05, 3.63) is 12.7 Å². The molecule has 0 saturated carbocycles. The molecule has 2 rings (SSSR count). The summed E-state index contributed by atoms with van der Waals surface area (Å²) >= 11 is 1.90. The Morgan fingerprint density at radius 1 is 1.47 bits per heavy atom. The number of hydrogen-bond donors (Lipinski definition) is 2. The van der Waals surface area contributed by atoms with Crippen molar-refractivity contribution >= 4 is 23.8 Å². The largest absolute Gasteiger partial charge is 0.461 e. The van der Waals surface area contributed by atoms with Gasteiger partial charge < -0.3 is 15.4 Å². The molecular formula is C13H20N2O3S. The van der Waals surface area contributed by atoms with E-state index in [1.54, 1.807) is 6.08 Å². The number of fused-ring (bicyclic) bond motifs is 1. The number of urea groups is 1. The lowest BCUT2D eigenvalue weighted by Gasteiger charge is -2.16. The highest BCUT2D eigenvalue weighted by Gasteiger charge is 2.42. The highest BCUT2D eigenvalue weighted by atomic mass is 32.2. The van der Waals surface area contributed by atoms with E-state index in [9.17, 15) is 9.59 Å². The third-order valence-corrected chi connectivity index (χ3v) is 4.93. The molecule has 0 aromatic rings. The van der Waals surface area contributed by atoms with Crippen molar-refractivity contribution in [1.29, 1.82) is 0 Å². The summed E-state index contributed by atoms with van der Waals surface area (Å²) in [6, 6.07) is 0.485. The van der Waals surface area contributed by atoms with Crippen LogP contribution in [0, 0.1) is 0 Å². The summed E-state index contributed by atoms with van der Waals surface area (Å²) < 4.78 is 4.92. The van der Waals surface area contributed by atoms with Gasteiger partial charge in [0.05, 0.1) is 12.1 Å². The second-order valence-corrected chi connectivity index (χ2v) is 6.11. The summed E-state index contributed by atoms with van der Waals surface area (Å²) in [5.41, 5.74) is 0. The average molecular weight is 284 g/mol. The topological polar surface area (TPSA) is 67.4 Å². The first-order valence-corrected chi connectivity index (χ1v) is 7.70. The van der Waals surface area contributed by atoms with Gasteiger partial charge in [0.2, 0.25) is 0 Å². The van der Waals surface area contributed by atoms with Crippen LogP contribution < -0.4 is 10.6 Å². The highest BCUT2D eigenvalue weighted by Crippen LogP contribution is 2.33. The number of carbonyl (C=O) groups excluding carboxylic acids is 2. The number of nitrogens with one attached hydrogen (secondary N) is 2. The molecule has 0 aliphatic carbocycles. The minimum Gasteiger partial charge on any atom is -0.461 e. The van der Waals surface area contributed by atoms with Crippen molar-refractivity contribution in [2.75, 3.05) is 12.4 Å². The molecule has 0 spiro atoms. The summed E-state index contributed by atoms with van der Waals surface area (Å²) in [7, 11) is 0. The van der Waals surface area contributed by atoms with Gasteiger partial charge in [-0.1, -0.05) is 19.1 Å². The SMILES string of the molecule is C=CCOC(=O)CCCC[C@@H]1SC[C@@H]2NC(=O)N[C@@H]21. The lowest BCUT2D eigenvalue weighted by atomic mass is 10.0. The fourth-order valence-electron chi connectivity index (χ4n) is 2.48. The smallest absolute Gasteiger partial charge is 0.315 e. The maximum atomic E-state index is 11.3. The van der Waals surface area contributed by atoms with Crippen LogP contribution in [0.2, 0.25) is 0 Å². The summed E-state index contributed by atoms with van der Waals surface area (Å²) in [5.74, 6) is 0.822. The van der Waals surface area contributed by atoms with Crippen molar-refractivity contribution in [2.45, 2.75) is 43.0 Å². The first-order chi connectivity index (χ1) is 9.20. The monoisotopic (exact) mass is 284 g/mol. The second kappa shape index (κ2) is 6.84. The van der Waals surface area contributed by atoms with E-state index < -0.39 is 0 Å². The molecule has 0 bridgehead atoms. The molecule has 2 amide bonds. The number of rotatable bonds is 7. The van der Waals surface area contributed by atoms with E-state index in [1.165, 1.54) is 0 Å². The van der Waals surface area contributed by atoms with E-state index in [0.29, 0.717) is 18.3 Å². The molecule has 3 atom stereocenters. The van der Waals surface area contributed by atoms with Gasteiger partial charge in [0.25, 0.3) is 0 Å². The summed E-state index contributed by atoms with van der Waals surface area (Å²) in [6.07, 6.45) is 4.89. The van der Waals surface area contributed by atoms with E-state index in [0.717, 1.165) is 25.0 Å². The predicted octanol–water partition coefficient (Wildman–Crippen LogP) is 1.44. The van der Waals surface area contributed by atoms with E-state index in [4.69, 9.17) is 4.74 Å². The zero-order valence-electron chi connectivity index (χ0n) is 10.9. The molecule has 2 fully saturated rings. The van der Waals surface area contributed by atoms with E-state index in [1.807, 2.05) is 11.8 Å². The van der Waals surface area contributed by atoms with Crippen LogP contribution in [0.1, 0.15) is 25.7 Å².